The van der Waals surface area contributed by atoms with Gasteiger partial charge in [-0.15, -0.1) is 0 Å². The van der Waals surface area contributed by atoms with E-state index in [-0.39, 0.29) is 0 Å². The van der Waals surface area contributed by atoms with Crippen LogP contribution >= 0.6 is 0 Å². The molecule has 0 bridgehead atoms. The quantitative estimate of drug-likeness (QED) is 0.192. The summed E-state index contributed by atoms with van der Waals surface area (Å²) < 4.78 is 65.2. The van der Waals surface area contributed by atoms with Crippen molar-refractivity contribution in [1.29, 1.82) is 0 Å². The van der Waals surface area contributed by atoms with Crippen molar-refractivity contribution in [3.8, 4) is 0 Å². The first-order chi connectivity index (χ1) is 20.9. The van der Waals surface area contributed by atoms with Crippen LogP contribution in [0, 0.1) is 23.3 Å². The summed E-state index contributed by atoms with van der Waals surface area (Å²) in [5.41, 5.74) is 3.90. The van der Waals surface area contributed by atoms with Crippen LogP contribution in [0.5, 0.6) is 0 Å². The lowest BCUT2D eigenvalue weighted by Gasteiger charge is -2.50. The maximum atomic E-state index is 14.4. The molecule has 0 fully saturated rings. The minimum atomic E-state index is -1.36. The zero-order valence-corrected chi connectivity index (χ0v) is 22.9. The van der Waals surface area contributed by atoms with Gasteiger partial charge in [-0.1, -0.05) is 72.8 Å². The molecule has 0 aromatic heterocycles. The number of benzene rings is 6. The van der Waals surface area contributed by atoms with Crippen LogP contribution in [0.15, 0.2) is 121 Å². The van der Waals surface area contributed by atoms with Crippen molar-refractivity contribution in [2.75, 3.05) is 0 Å². The van der Waals surface area contributed by atoms with Gasteiger partial charge >= 0.3 is 0 Å². The fraction of sp³-hybridized carbons (Fsp3) is 0.105. The first-order valence-electron chi connectivity index (χ1n) is 14.2. The highest BCUT2D eigenvalue weighted by molar-refractivity contribution is 5.99. The molecule has 0 unspecified atom stereocenters. The van der Waals surface area contributed by atoms with Crippen LogP contribution in [0.2, 0.25) is 0 Å². The summed E-state index contributed by atoms with van der Waals surface area (Å²) in [4.78, 5) is 0. The summed E-state index contributed by atoms with van der Waals surface area (Å²) in [6.45, 7) is 0. The largest absolute Gasteiger partial charge is 0.340 e. The maximum absolute atomic E-state index is 14.4. The van der Waals surface area contributed by atoms with Crippen molar-refractivity contribution in [2.24, 2.45) is 0 Å². The van der Waals surface area contributed by atoms with E-state index in [0.29, 0.717) is 22.3 Å². The Bertz CT molecular complexity index is 1780. The van der Waals surface area contributed by atoms with E-state index in [4.69, 9.17) is 4.74 Å². The predicted molar refractivity (Wildman–Crippen MR) is 158 cm³/mol. The van der Waals surface area contributed by atoms with Crippen molar-refractivity contribution in [2.45, 2.75) is 24.0 Å². The van der Waals surface area contributed by atoms with Crippen molar-refractivity contribution >= 4 is 10.8 Å². The van der Waals surface area contributed by atoms with Crippen molar-refractivity contribution in [3.63, 3.8) is 0 Å². The molecule has 8 rings (SSSR count). The molecular weight excluding hydrogens is 548 g/mol. The van der Waals surface area contributed by atoms with Gasteiger partial charge in [0.05, 0.1) is 0 Å². The minimum absolute atomic E-state index is 0.404. The number of hydrogen-bond acceptors (Lipinski definition) is 1. The molecule has 1 nitrogen and oxygen atoms in total. The Balaban J connectivity index is 1.60. The Morgan fingerprint density at radius 2 is 0.674 bits per heavy atom. The fourth-order valence-corrected chi connectivity index (χ4v) is 7.18. The van der Waals surface area contributed by atoms with Crippen LogP contribution < -0.4 is 0 Å². The van der Waals surface area contributed by atoms with Crippen LogP contribution in [0.3, 0.4) is 0 Å². The Labute approximate surface area is 246 Å². The molecule has 0 atom stereocenters. The zero-order valence-electron chi connectivity index (χ0n) is 22.9. The monoisotopic (exact) mass is 572 g/mol. The van der Waals surface area contributed by atoms with Gasteiger partial charge in [0.2, 0.25) is 0 Å². The van der Waals surface area contributed by atoms with Gasteiger partial charge in [-0.25, -0.2) is 17.6 Å². The average Bonchev–Trinajstić information content (AvgIpc) is 3.46. The van der Waals surface area contributed by atoms with E-state index in [1.807, 2.05) is 0 Å². The molecule has 0 radical (unpaired) electrons. The molecule has 5 heteroatoms. The van der Waals surface area contributed by atoms with Crippen LogP contribution in [0.1, 0.15) is 44.5 Å². The van der Waals surface area contributed by atoms with E-state index >= 15 is 0 Å². The van der Waals surface area contributed by atoms with Gasteiger partial charge < -0.3 is 4.74 Å². The number of aryl methyl sites for hydroxylation is 2. The highest BCUT2D eigenvalue weighted by Gasteiger charge is 2.54. The Kier molecular flexibility index (Phi) is 5.66. The average molecular weight is 573 g/mol. The second kappa shape index (κ2) is 9.38. The number of halogens is 4. The van der Waals surface area contributed by atoms with E-state index < -0.39 is 34.5 Å². The Morgan fingerprint density at radius 3 is 0.977 bits per heavy atom. The standard InChI is InChI=1S/C38H24F4O/c39-29-13-5-25(6-14-29)37(26-7-15-30(40)16-8-26)33-21-3-23-1-2-24-4-22-34(36(33)35(23)24)38(43-37,27-9-17-31(41)18-10-27)28-11-19-32(42)20-12-28/h3-22H,1-2H2. The molecule has 1 heterocycles. The first kappa shape index (κ1) is 25.9. The van der Waals surface area contributed by atoms with Gasteiger partial charge in [-0.05, 0) is 106 Å². The third-order valence-corrected chi connectivity index (χ3v) is 9.06. The summed E-state index contributed by atoms with van der Waals surface area (Å²) >= 11 is 0. The van der Waals surface area contributed by atoms with Crippen LogP contribution in [0.25, 0.3) is 10.8 Å². The van der Waals surface area contributed by atoms with Crippen molar-refractivity contribution in [1.82, 2.24) is 0 Å². The molecule has 0 spiro atoms. The first-order valence-corrected chi connectivity index (χ1v) is 14.2. The lowest BCUT2D eigenvalue weighted by atomic mass is 9.68. The summed E-state index contributed by atoms with van der Waals surface area (Å²) in [6, 6.07) is 32.9. The summed E-state index contributed by atoms with van der Waals surface area (Å²) in [6.07, 6.45) is 1.77. The molecule has 210 valence electrons. The summed E-state index contributed by atoms with van der Waals surface area (Å²) in [7, 11) is 0. The van der Waals surface area contributed by atoms with Gasteiger partial charge in [0, 0.05) is 11.1 Å². The van der Waals surface area contributed by atoms with Gasteiger partial charge in [-0.3, -0.25) is 0 Å². The molecule has 1 aliphatic carbocycles. The minimum Gasteiger partial charge on any atom is -0.340 e. The lowest BCUT2D eigenvalue weighted by Crippen LogP contribution is -2.47. The van der Waals surface area contributed by atoms with Gasteiger partial charge in [0.25, 0.3) is 0 Å². The van der Waals surface area contributed by atoms with Gasteiger partial charge in [0.15, 0.2) is 0 Å². The Hall–Kier alpha value is -4.74. The molecule has 0 amide bonds. The van der Waals surface area contributed by atoms with E-state index in [9.17, 15) is 17.6 Å². The van der Waals surface area contributed by atoms with Crippen molar-refractivity contribution in [3.05, 3.63) is 189 Å². The van der Waals surface area contributed by atoms with Crippen LogP contribution in [-0.4, -0.2) is 0 Å². The molecule has 0 saturated heterocycles. The van der Waals surface area contributed by atoms with E-state index in [2.05, 4.69) is 24.3 Å². The normalized spacial score (nSPS) is 16.0. The topological polar surface area (TPSA) is 9.23 Å². The molecule has 0 N–H and O–H groups in total. The SMILES string of the molecule is Fc1ccc(C2(c3ccc(F)cc3)OC(c3ccc(F)cc3)(c3ccc(F)cc3)c3ccc4c5c(ccc2c35)CC4)cc1. The molecule has 43 heavy (non-hydrogen) atoms. The second-order valence-electron chi connectivity index (χ2n) is 11.3. The number of hydrogen-bond donors (Lipinski definition) is 0. The zero-order chi connectivity index (χ0) is 29.3. The molecule has 6 aromatic rings. The smallest absolute Gasteiger partial charge is 0.146 e. The highest BCUT2D eigenvalue weighted by atomic mass is 19.1. The third-order valence-electron chi connectivity index (χ3n) is 9.06. The molecule has 2 aliphatic rings. The lowest BCUT2D eigenvalue weighted by molar-refractivity contribution is -0.0850. The third kappa shape index (κ3) is 3.68. The molecular formula is C38H24F4O. The number of ether oxygens (including phenoxy) is 1. The summed E-state index contributed by atoms with van der Waals surface area (Å²) in [5.74, 6) is -1.62. The molecule has 6 aromatic carbocycles. The summed E-state index contributed by atoms with van der Waals surface area (Å²) in [5, 5.41) is 2.10. The predicted octanol–water partition coefficient (Wildman–Crippen LogP) is 9.11. The Morgan fingerprint density at radius 1 is 0.372 bits per heavy atom. The van der Waals surface area contributed by atoms with E-state index in [1.165, 1.54) is 59.7 Å². The number of rotatable bonds is 4. The van der Waals surface area contributed by atoms with Gasteiger partial charge in [0.1, 0.15) is 34.5 Å². The van der Waals surface area contributed by atoms with E-state index in [1.54, 1.807) is 48.5 Å². The highest BCUT2D eigenvalue weighted by Crippen LogP contribution is 2.59. The fourth-order valence-electron chi connectivity index (χ4n) is 7.18. The molecule has 0 saturated carbocycles. The van der Waals surface area contributed by atoms with Crippen LogP contribution in [-0.2, 0) is 28.8 Å². The second-order valence-corrected chi connectivity index (χ2v) is 11.3. The van der Waals surface area contributed by atoms with E-state index in [0.717, 1.165) is 34.7 Å². The van der Waals surface area contributed by atoms with Gasteiger partial charge in [-0.2, -0.15) is 0 Å². The maximum Gasteiger partial charge on any atom is 0.146 e. The van der Waals surface area contributed by atoms with Crippen molar-refractivity contribution < 1.29 is 22.3 Å². The molecule has 1 aliphatic heterocycles. The van der Waals surface area contributed by atoms with Crippen LogP contribution in [0.4, 0.5) is 17.6 Å².